The van der Waals surface area contributed by atoms with Gasteiger partial charge in [-0.2, -0.15) is 0 Å². The van der Waals surface area contributed by atoms with Crippen LogP contribution >= 0.6 is 11.6 Å². The van der Waals surface area contributed by atoms with Crippen molar-refractivity contribution >= 4 is 23.3 Å². The highest BCUT2D eigenvalue weighted by Gasteiger charge is 2.09. The number of carboxylic acids is 1. The van der Waals surface area contributed by atoms with Gasteiger partial charge in [0.05, 0.1) is 6.61 Å². The molecule has 0 radical (unpaired) electrons. The summed E-state index contributed by atoms with van der Waals surface area (Å²) in [5, 5.41) is 18.0. The number of aliphatic hydroxyl groups is 1. The molecule has 1 rings (SSSR count). The van der Waals surface area contributed by atoms with E-state index in [1.54, 1.807) is 29.2 Å². The lowest BCUT2D eigenvalue weighted by Gasteiger charge is -2.21. The lowest BCUT2D eigenvalue weighted by molar-refractivity contribution is -0.135. The third-order valence-electron chi connectivity index (χ3n) is 1.87. The number of nitrogens with zero attached hydrogens (tertiary/aromatic N) is 1. The van der Waals surface area contributed by atoms with E-state index in [1.165, 1.54) is 0 Å². The van der Waals surface area contributed by atoms with E-state index >= 15 is 0 Å². The number of carbonyl (C=O) groups is 1. The molecule has 0 aliphatic carbocycles. The van der Waals surface area contributed by atoms with Crippen molar-refractivity contribution in [1.29, 1.82) is 0 Å². The van der Waals surface area contributed by atoms with Crippen molar-refractivity contribution in [3.8, 4) is 0 Å². The van der Waals surface area contributed by atoms with Crippen LogP contribution in [0.3, 0.4) is 0 Å². The van der Waals surface area contributed by atoms with Crippen molar-refractivity contribution in [2.75, 3.05) is 24.6 Å². The monoisotopic (exact) mass is 229 g/mol. The zero-order chi connectivity index (χ0) is 11.3. The van der Waals surface area contributed by atoms with Crippen molar-refractivity contribution in [3.63, 3.8) is 0 Å². The van der Waals surface area contributed by atoms with Crippen LogP contribution in [-0.2, 0) is 4.79 Å². The van der Waals surface area contributed by atoms with E-state index in [1.807, 2.05) is 0 Å². The standard InChI is InChI=1S/C10H12ClNO3/c11-8-2-1-3-9(6-8)12(4-5-13)7-10(14)15/h1-3,6,13H,4-5,7H2,(H,14,15). The summed E-state index contributed by atoms with van der Waals surface area (Å²) in [6.07, 6.45) is 0. The van der Waals surface area contributed by atoms with Gasteiger partial charge < -0.3 is 15.1 Å². The smallest absolute Gasteiger partial charge is 0.323 e. The van der Waals surface area contributed by atoms with E-state index in [0.29, 0.717) is 10.7 Å². The van der Waals surface area contributed by atoms with Gasteiger partial charge in [0, 0.05) is 17.3 Å². The zero-order valence-electron chi connectivity index (χ0n) is 8.06. The summed E-state index contributed by atoms with van der Waals surface area (Å²) < 4.78 is 0. The highest BCUT2D eigenvalue weighted by atomic mass is 35.5. The van der Waals surface area contributed by atoms with Gasteiger partial charge in [-0.3, -0.25) is 4.79 Å². The first kappa shape index (κ1) is 11.8. The van der Waals surface area contributed by atoms with Crippen LogP contribution in [0.15, 0.2) is 24.3 Å². The largest absolute Gasteiger partial charge is 0.480 e. The van der Waals surface area contributed by atoms with Gasteiger partial charge >= 0.3 is 5.97 Å². The quantitative estimate of drug-likeness (QED) is 0.797. The lowest BCUT2D eigenvalue weighted by Crippen LogP contribution is -2.32. The average molecular weight is 230 g/mol. The number of anilines is 1. The molecule has 0 bridgehead atoms. The summed E-state index contributed by atoms with van der Waals surface area (Å²) in [6, 6.07) is 6.87. The molecule has 0 heterocycles. The normalized spacial score (nSPS) is 10.0. The van der Waals surface area contributed by atoms with Gasteiger partial charge in [-0.15, -0.1) is 0 Å². The number of halogens is 1. The molecule has 1 aromatic carbocycles. The van der Waals surface area contributed by atoms with Gasteiger partial charge in [-0.05, 0) is 18.2 Å². The molecule has 0 atom stereocenters. The van der Waals surface area contributed by atoms with Gasteiger partial charge in [0.1, 0.15) is 6.54 Å². The third-order valence-corrected chi connectivity index (χ3v) is 2.10. The van der Waals surface area contributed by atoms with Crippen LogP contribution in [0.2, 0.25) is 5.02 Å². The van der Waals surface area contributed by atoms with Crippen molar-refractivity contribution < 1.29 is 15.0 Å². The molecule has 5 heteroatoms. The Labute approximate surface area is 92.7 Å². The van der Waals surface area contributed by atoms with Crippen LogP contribution in [-0.4, -0.2) is 35.9 Å². The molecule has 0 aliphatic heterocycles. The van der Waals surface area contributed by atoms with Crippen LogP contribution in [0, 0.1) is 0 Å². The van der Waals surface area contributed by atoms with Crippen LogP contribution in [0.5, 0.6) is 0 Å². The molecular formula is C10H12ClNO3. The lowest BCUT2D eigenvalue weighted by atomic mass is 10.3. The Bertz CT molecular complexity index is 343. The Kier molecular flexibility index (Phi) is 4.39. The van der Waals surface area contributed by atoms with Crippen molar-refractivity contribution in [3.05, 3.63) is 29.3 Å². The minimum absolute atomic E-state index is 0.0974. The highest BCUT2D eigenvalue weighted by molar-refractivity contribution is 6.30. The Balaban J connectivity index is 2.83. The van der Waals surface area contributed by atoms with Gasteiger partial charge in [-0.25, -0.2) is 0 Å². The molecule has 0 fully saturated rings. The Morgan fingerprint density at radius 3 is 2.73 bits per heavy atom. The molecule has 2 N–H and O–H groups in total. The molecule has 0 aliphatic rings. The maximum atomic E-state index is 10.6. The predicted octanol–water partition coefficient (Wildman–Crippen LogP) is 1.22. The molecule has 0 aromatic heterocycles. The second-order valence-electron chi connectivity index (χ2n) is 3.02. The van der Waals surface area contributed by atoms with E-state index in [9.17, 15) is 4.79 Å². The summed E-state index contributed by atoms with van der Waals surface area (Å²) in [4.78, 5) is 12.1. The van der Waals surface area contributed by atoms with Crippen molar-refractivity contribution in [1.82, 2.24) is 0 Å². The van der Waals surface area contributed by atoms with E-state index < -0.39 is 5.97 Å². The number of carboxylic acid groups (broad SMARTS) is 1. The third kappa shape index (κ3) is 3.77. The fourth-order valence-electron chi connectivity index (χ4n) is 1.26. The molecule has 0 spiro atoms. The molecule has 0 saturated carbocycles. The minimum Gasteiger partial charge on any atom is -0.480 e. The maximum absolute atomic E-state index is 10.6. The van der Waals surface area contributed by atoms with Gasteiger partial charge in [-0.1, -0.05) is 17.7 Å². The molecule has 0 unspecified atom stereocenters. The van der Waals surface area contributed by atoms with Crippen molar-refractivity contribution in [2.45, 2.75) is 0 Å². The fourth-order valence-corrected chi connectivity index (χ4v) is 1.44. The number of hydrogen-bond donors (Lipinski definition) is 2. The topological polar surface area (TPSA) is 60.8 Å². The maximum Gasteiger partial charge on any atom is 0.323 e. The number of benzene rings is 1. The number of aliphatic carboxylic acids is 1. The summed E-state index contributed by atoms with van der Waals surface area (Å²) in [6.45, 7) is 0.0212. The molecule has 0 amide bonds. The number of rotatable bonds is 5. The molecule has 82 valence electrons. The van der Waals surface area contributed by atoms with E-state index in [-0.39, 0.29) is 19.7 Å². The highest BCUT2D eigenvalue weighted by Crippen LogP contribution is 2.18. The van der Waals surface area contributed by atoms with E-state index in [0.717, 1.165) is 0 Å². The van der Waals surface area contributed by atoms with E-state index in [4.69, 9.17) is 21.8 Å². The Morgan fingerprint density at radius 2 is 2.20 bits per heavy atom. The molecule has 4 nitrogen and oxygen atoms in total. The average Bonchev–Trinajstić information content (AvgIpc) is 2.16. The Morgan fingerprint density at radius 1 is 1.47 bits per heavy atom. The zero-order valence-corrected chi connectivity index (χ0v) is 8.81. The molecule has 15 heavy (non-hydrogen) atoms. The first-order chi connectivity index (χ1) is 7.13. The summed E-state index contributed by atoms with van der Waals surface area (Å²) in [5.74, 6) is -0.941. The first-order valence-electron chi connectivity index (χ1n) is 4.46. The second kappa shape index (κ2) is 5.58. The van der Waals surface area contributed by atoms with Crippen LogP contribution in [0.25, 0.3) is 0 Å². The number of hydrogen-bond acceptors (Lipinski definition) is 3. The van der Waals surface area contributed by atoms with Crippen molar-refractivity contribution in [2.24, 2.45) is 0 Å². The summed E-state index contributed by atoms with van der Waals surface area (Å²) in [7, 11) is 0. The SMILES string of the molecule is O=C(O)CN(CCO)c1cccc(Cl)c1. The molecule has 0 saturated heterocycles. The van der Waals surface area contributed by atoms with Gasteiger partial charge in [0.25, 0.3) is 0 Å². The summed E-state index contributed by atoms with van der Waals surface area (Å²) >= 11 is 5.79. The van der Waals surface area contributed by atoms with Crippen LogP contribution < -0.4 is 4.90 Å². The first-order valence-corrected chi connectivity index (χ1v) is 4.84. The Hall–Kier alpha value is -1.26. The fraction of sp³-hybridized carbons (Fsp3) is 0.300. The summed E-state index contributed by atoms with van der Waals surface area (Å²) in [5.41, 5.74) is 0.693. The minimum atomic E-state index is -0.941. The van der Waals surface area contributed by atoms with Gasteiger partial charge in [0.2, 0.25) is 0 Å². The van der Waals surface area contributed by atoms with Crippen LogP contribution in [0.1, 0.15) is 0 Å². The second-order valence-corrected chi connectivity index (χ2v) is 3.46. The molecular weight excluding hydrogens is 218 g/mol. The van der Waals surface area contributed by atoms with Crippen LogP contribution in [0.4, 0.5) is 5.69 Å². The predicted molar refractivity (Wildman–Crippen MR) is 58.4 cm³/mol. The van der Waals surface area contributed by atoms with Gasteiger partial charge in [0.15, 0.2) is 0 Å². The van der Waals surface area contributed by atoms with E-state index in [2.05, 4.69) is 0 Å². The molecule has 1 aromatic rings. The number of aliphatic hydroxyl groups excluding tert-OH is 1.